The summed E-state index contributed by atoms with van der Waals surface area (Å²) in [6, 6.07) is 16.5. The standard InChI is InChI=1S/C20H24N2O4/c1-15(26-14-16-6-4-3-5-7-16)19(23)21-12-13-22-20(24)17-8-10-18(25-2)11-9-17/h3-11,15H,12-14H2,1-2H3,(H,21,23)(H,22,24). The molecule has 2 amide bonds. The summed E-state index contributed by atoms with van der Waals surface area (Å²) in [5.41, 5.74) is 1.55. The highest BCUT2D eigenvalue weighted by molar-refractivity contribution is 5.94. The number of hydrogen-bond acceptors (Lipinski definition) is 4. The van der Waals surface area contributed by atoms with Crippen molar-refractivity contribution in [2.45, 2.75) is 19.6 Å². The van der Waals surface area contributed by atoms with E-state index in [0.717, 1.165) is 5.56 Å². The lowest BCUT2D eigenvalue weighted by Crippen LogP contribution is -2.39. The highest BCUT2D eigenvalue weighted by atomic mass is 16.5. The van der Waals surface area contributed by atoms with E-state index in [2.05, 4.69) is 10.6 Å². The van der Waals surface area contributed by atoms with Gasteiger partial charge in [0, 0.05) is 18.7 Å². The maximum atomic E-state index is 12.0. The van der Waals surface area contributed by atoms with Crippen molar-refractivity contribution in [1.29, 1.82) is 0 Å². The summed E-state index contributed by atoms with van der Waals surface area (Å²) in [6.07, 6.45) is -0.563. The van der Waals surface area contributed by atoms with E-state index in [9.17, 15) is 9.59 Å². The van der Waals surface area contributed by atoms with Crippen LogP contribution in [0.25, 0.3) is 0 Å². The van der Waals surface area contributed by atoms with Crippen LogP contribution in [0.2, 0.25) is 0 Å². The first-order valence-electron chi connectivity index (χ1n) is 8.45. The second-order valence-corrected chi connectivity index (χ2v) is 5.71. The highest BCUT2D eigenvalue weighted by Gasteiger charge is 2.13. The van der Waals surface area contributed by atoms with Crippen LogP contribution in [0, 0.1) is 0 Å². The monoisotopic (exact) mass is 356 g/mol. The highest BCUT2D eigenvalue weighted by Crippen LogP contribution is 2.10. The summed E-state index contributed by atoms with van der Waals surface area (Å²) in [5.74, 6) is 0.285. The number of amides is 2. The fraction of sp³-hybridized carbons (Fsp3) is 0.300. The number of carbonyl (C=O) groups is 2. The van der Waals surface area contributed by atoms with Crippen molar-refractivity contribution in [3.05, 3.63) is 65.7 Å². The average Bonchev–Trinajstić information content (AvgIpc) is 2.69. The largest absolute Gasteiger partial charge is 0.497 e. The lowest BCUT2D eigenvalue weighted by Gasteiger charge is -2.14. The van der Waals surface area contributed by atoms with Gasteiger partial charge >= 0.3 is 0 Å². The molecule has 6 heteroatoms. The predicted molar refractivity (Wildman–Crippen MR) is 99.0 cm³/mol. The first kappa shape index (κ1) is 19.5. The molecular weight excluding hydrogens is 332 g/mol. The Balaban J connectivity index is 1.64. The number of rotatable bonds is 9. The fourth-order valence-electron chi connectivity index (χ4n) is 2.22. The average molecular weight is 356 g/mol. The molecule has 0 radical (unpaired) electrons. The van der Waals surface area contributed by atoms with Gasteiger partial charge in [-0.15, -0.1) is 0 Å². The van der Waals surface area contributed by atoms with Gasteiger partial charge in [0.05, 0.1) is 13.7 Å². The van der Waals surface area contributed by atoms with Crippen LogP contribution in [0.1, 0.15) is 22.8 Å². The summed E-state index contributed by atoms with van der Waals surface area (Å²) in [7, 11) is 1.57. The molecule has 1 unspecified atom stereocenters. The van der Waals surface area contributed by atoms with Crippen LogP contribution < -0.4 is 15.4 Å². The quantitative estimate of drug-likeness (QED) is 0.675. The van der Waals surface area contributed by atoms with Crippen LogP contribution in [0.5, 0.6) is 5.75 Å². The van der Waals surface area contributed by atoms with Crippen molar-refractivity contribution in [2.24, 2.45) is 0 Å². The molecule has 2 aromatic rings. The Morgan fingerprint density at radius 2 is 1.62 bits per heavy atom. The van der Waals surface area contributed by atoms with Crippen LogP contribution >= 0.6 is 0 Å². The molecule has 1 atom stereocenters. The minimum atomic E-state index is -0.563. The lowest BCUT2D eigenvalue weighted by molar-refractivity contribution is -0.132. The summed E-state index contributed by atoms with van der Waals surface area (Å²) in [5, 5.41) is 5.50. The second-order valence-electron chi connectivity index (χ2n) is 5.71. The molecule has 0 aliphatic rings. The third-order valence-electron chi connectivity index (χ3n) is 3.77. The second kappa shape index (κ2) is 10.2. The maximum Gasteiger partial charge on any atom is 0.251 e. The summed E-state index contributed by atoms with van der Waals surface area (Å²) in [6.45, 7) is 2.75. The number of benzene rings is 2. The zero-order valence-corrected chi connectivity index (χ0v) is 15.0. The molecule has 0 fully saturated rings. The van der Waals surface area contributed by atoms with Crippen molar-refractivity contribution in [1.82, 2.24) is 10.6 Å². The van der Waals surface area contributed by atoms with Crippen LogP contribution in [0.3, 0.4) is 0 Å². The molecule has 0 saturated heterocycles. The molecular formula is C20H24N2O4. The number of nitrogens with one attached hydrogen (secondary N) is 2. The Hall–Kier alpha value is -2.86. The fourth-order valence-corrected chi connectivity index (χ4v) is 2.22. The van der Waals surface area contributed by atoms with Crippen LogP contribution in [-0.2, 0) is 16.1 Å². The van der Waals surface area contributed by atoms with E-state index in [1.54, 1.807) is 38.3 Å². The van der Waals surface area contributed by atoms with E-state index in [1.807, 2.05) is 30.3 Å². The van der Waals surface area contributed by atoms with Crippen LogP contribution in [-0.4, -0.2) is 38.1 Å². The third-order valence-corrected chi connectivity index (χ3v) is 3.77. The molecule has 0 aromatic heterocycles. The Morgan fingerprint density at radius 1 is 0.962 bits per heavy atom. The van der Waals surface area contributed by atoms with Crippen molar-refractivity contribution in [3.63, 3.8) is 0 Å². The molecule has 2 N–H and O–H groups in total. The van der Waals surface area contributed by atoms with Crippen molar-refractivity contribution >= 4 is 11.8 Å². The normalized spacial score (nSPS) is 11.5. The van der Waals surface area contributed by atoms with Gasteiger partial charge < -0.3 is 20.1 Å². The van der Waals surface area contributed by atoms with E-state index in [0.29, 0.717) is 31.0 Å². The summed E-state index contributed by atoms with van der Waals surface area (Å²) in [4.78, 5) is 24.0. The van der Waals surface area contributed by atoms with Crippen molar-refractivity contribution < 1.29 is 19.1 Å². The summed E-state index contributed by atoms with van der Waals surface area (Å²) >= 11 is 0. The van der Waals surface area contributed by atoms with E-state index < -0.39 is 6.10 Å². The van der Waals surface area contributed by atoms with Gasteiger partial charge in [-0.25, -0.2) is 0 Å². The van der Waals surface area contributed by atoms with Crippen LogP contribution in [0.15, 0.2) is 54.6 Å². The van der Waals surface area contributed by atoms with E-state index in [4.69, 9.17) is 9.47 Å². The molecule has 2 aromatic carbocycles. The molecule has 6 nitrogen and oxygen atoms in total. The first-order chi connectivity index (χ1) is 12.6. The minimum Gasteiger partial charge on any atom is -0.497 e. The van der Waals surface area contributed by atoms with Crippen molar-refractivity contribution in [2.75, 3.05) is 20.2 Å². The van der Waals surface area contributed by atoms with Gasteiger partial charge in [-0.1, -0.05) is 30.3 Å². The van der Waals surface area contributed by atoms with Gasteiger partial charge in [-0.05, 0) is 36.8 Å². The van der Waals surface area contributed by atoms with Gasteiger partial charge in [0.25, 0.3) is 5.91 Å². The molecule has 0 aliphatic carbocycles. The predicted octanol–water partition coefficient (Wildman–Crippen LogP) is 2.15. The van der Waals surface area contributed by atoms with Gasteiger partial charge in [0.1, 0.15) is 11.9 Å². The SMILES string of the molecule is COc1ccc(C(=O)NCCNC(=O)C(C)OCc2ccccc2)cc1. The van der Waals surface area contributed by atoms with E-state index in [-0.39, 0.29) is 11.8 Å². The topological polar surface area (TPSA) is 76.7 Å². The van der Waals surface area contributed by atoms with Gasteiger partial charge in [0.15, 0.2) is 0 Å². The Labute approximate surface area is 153 Å². The number of methoxy groups -OCH3 is 1. The van der Waals surface area contributed by atoms with Gasteiger partial charge in [0.2, 0.25) is 5.91 Å². The Morgan fingerprint density at radius 3 is 2.27 bits per heavy atom. The zero-order valence-electron chi connectivity index (χ0n) is 15.0. The molecule has 0 aliphatic heterocycles. The Kier molecular flexibility index (Phi) is 7.64. The maximum absolute atomic E-state index is 12.0. The summed E-state index contributed by atoms with van der Waals surface area (Å²) < 4.78 is 10.6. The molecule has 2 rings (SSSR count). The number of carbonyl (C=O) groups excluding carboxylic acids is 2. The van der Waals surface area contributed by atoms with Crippen LogP contribution in [0.4, 0.5) is 0 Å². The van der Waals surface area contributed by atoms with Crippen molar-refractivity contribution in [3.8, 4) is 5.75 Å². The van der Waals surface area contributed by atoms with E-state index >= 15 is 0 Å². The molecule has 0 spiro atoms. The lowest BCUT2D eigenvalue weighted by atomic mass is 10.2. The zero-order chi connectivity index (χ0) is 18.8. The van der Waals surface area contributed by atoms with Gasteiger partial charge in [-0.2, -0.15) is 0 Å². The first-order valence-corrected chi connectivity index (χ1v) is 8.45. The third kappa shape index (κ3) is 6.22. The Bertz CT molecular complexity index is 702. The van der Waals surface area contributed by atoms with Gasteiger partial charge in [-0.3, -0.25) is 9.59 Å². The molecule has 26 heavy (non-hydrogen) atoms. The minimum absolute atomic E-state index is 0.199. The smallest absolute Gasteiger partial charge is 0.251 e. The number of ether oxygens (including phenoxy) is 2. The molecule has 0 heterocycles. The number of hydrogen-bond donors (Lipinski definition) is 2. The van der Waals surface area contributed by atoms with E-state index in [1.165, 1.54) is 0 Å². The molecule has 138 valence electrons. The molecule has 0 saturated carbocycles. The molecule has 0 bridgehead atoms.